The Morgan fingerprint density at radius 3 is 2.06 bits per heavy atom. The molecule has 4 heteroatoms. The molecule has 4 nitrogen and oxygen atoms in total. The average Bonchev–Trinajstić information content (AvgIpc) is 3.73. The summed E-state index contributed by atoms with van der Waals surface area (Å²) in [7, 11) is 0. The van der Waals surface area contributed by atoms with E-state index in [1.807, 2.05) is 18.2 Å². The molecular weight excluding hydrogens is 611 g/mol. The van der Waals surface area contributed by atoms with Crippen LogP contribution >= 0.6 is 0 Å². The summed E-state index contributed by atoms with van der Waals surface area (Å²) in [4.78, 5) is 10.6. The Balaban J connectivity index is 1.21. The number of para-hydroxylation sites is 3. The van der Waals surface area contributed by atoms with E-state index < -0.39 is 0 Å². The molecule has 3 heterocycles. The molecule has 0 saturated carbocycles. The third-order valence-corrected chi connectivity index (χ3v) is 10.2. The van der Waals surface area contributed by atoms with Crippen molar-refractivity contribution in [3.63, 3.8) is 0 Å². The van der Waals surface area contributed by atoms with Crippen molar-refractivity contribution in [1.82, 2.24) is 14.5 Å². The number of hydrogen-bond donors (Lipinski definition) is 0. The van der Waals surface area contributed by atoms with E-state index in [2.05, 4.69) is 150 Å². The minimum absolute atomic E-state index is 0.647. The topological polar surface area (TPSA) is 43.9 Å². The van der Waals surface area contributed by atoms with Crippen LogP contribution in [-0.2, 0) is 0 Å². The van der Waals surface area contributed by atoms with Crippen LogP contribution in [0.4, 0.5) is 0 Å². The highest BCUT2D eigenvalue weighted by molar-refractivity contribution is 6.22. The third kappa shape index (κ3) is 3.93. The van der Waals surface area contributed by atoms with E-state index >= 15 is 0 Å². The van der Waals surface area contributed by atoms with Gasteiger partial charge in [-0.05, 0) is 63.5 Å². The molecule has 8 aromatic carbocycles. The molecule has 11 rings (SSSR count). The maximum Gasteiger partial charge on any atom is 0.235 e. The number of nitrogens with zero attached hydrogens (tertiary/aromatic N) is 3. The number of aromatic nitrogens is 3. The van der Waals surface area contributed by atoms with E-state index in [9.17, 15) is 0 Å². The van der Waals surface area contributed by atoms with Crippen LogP contribution in [0.15, 0.2) is 168 Å². The molecule has 50 heavy (non-hydrogen) atoms. The fourth-order valence-electron chi connectivity index (χ4n) is 7.87. The first-order valence-electron chi connectivity index (χ1n) is 16.9. The van der Waals surface area contributed by atoms with E-state index in [0.29, 0.717) is 5.95 Å². The predicted molar refractivity (Wildman–Crippen MR) is 207 cm³/mol. The highest BCUT2D eigenvalue weighted by atomic mass is 16.3. The van der Waals surface area contributed by atoms with Gasteiger partial charge in [0, 0.05) is 38.1 Å². The minimum atomic E-state index is 0.647. The Bertz CT molecular complexity index is 3170. The zero-order valence-corrected chi connectivity index (χ0v) is 26.8. The molecule has 232 valence electrons. The van der Waals surface area contributed by atoms with Crippen molar-refractivity contribution >= 4 is 76.2 Å². The van der Waals surface area contributed by atoms with Gasteiger partial charge in [0.2, 0.25) is 5.95 Å². The highest BCUT2D eigenvalue weighted by Crippen LogP contribution is 2.41. The van der Waals surface area contributed by atoms with Crippen molar-refractivity contribution in [2.75, 3.05) is 0 Å². The maximum atomic E-state index is 6.48. The molecule has 0 fully saturated rings. The Morgan fingerprint density at radius 2 is 1.14 bits per heavy atom. The average molecular weight is 638 g/mol. The summed E-state index contributed by atoms with van der Waals surface area (Å²) in [5.74, 6) is 0.647. The molecule has 3 aromatic heterocycles. The van der Waals surface area contributed by atoms with Gasteiger partial charge in [0.15, 0.2) is 0 Å². The SMILES string of the molecule is c1ccc2cc(-c3nc(-n4c5ccc(-c6cccc7c6oc6ccccc67)cc5c5c6ccccc6ccc54)nc4ccccc34)ccc2c1. The number of fused-ring (bicyclic) bond motifs is 10. The standard InChI is InChI=1S/C46H27N3O/c1-2-12-30-26-32(21-20-28(30)10-1)44-37-15-5-7-18-39(37)47-46(48-44)49-40-24-23-31(27-38(40)43-33-13-4-3-11-29(33)22-25-41(43)49)34-16-9-17-36-35-14-6-8-19-42(35)50-45(34)36/h1-27H. The van der Waals surface area contributed by atoms with Crippen molar-refractivity contribution in [3.05, 3.63) is 164 Å². The second kappa shape index (κ2) is 10.4. The van der Waals surface area contributed by atoms with E-state index in [-0.39, 0.29) is 0 Å². The van der Waals surface area contributed by atoms with Gasteiger partial charge < -0.3 is 4.42 Å². The molecule has 0 atom stereocenters. The van der Waals surface area contributed by atoms with Gasteiger partial charge in [-0.15, -0.1) is 0 Å². The number of hydrogen-bond acceptors (Lipinski definition) is 3. The molecule has 0 N–H and O–H groups in total. The molecule has 0 unspecified atom stereocenters. The number of benzene rings is 8. The van der Waals surface area contributed by atoms with Crippen LogP contribution in [-0.4, -0.2) is 14.5 Å². The summed E-state index contributed by atoms with van der Waals surface area (Å²) in [6, 6.07) is 57.8. The van der Waals surface area contributed by atoms with Crippen LogP contribution in [0, 0.1) is 0 Å². The zero-order valence-electron chi connectivity index (χ0n) is 26.8. The second-order valence-corrected chi connectivity index (χ2v) is 13.0. The van der Waals surface area contributed by atoms with E-state index in [0.717, 1.165) is 71.6 Å². The largest absolute Gasteiger partial charge is 0.455 e. The molecule has 0 aliphatic rings. The summed E-state index contributed by atoms with van der Waals surface area (Å²) >= 11 is 0. The smallest absolute Gasteiger partial charge is 0.235 e. The lowest BCUT2D eigenvalue weighted by Gasteiger charge is -2.12. The van der Waals surface area contributed by atoms with Crippen LogP contribution in [0.1, 0.15) is 0 Å². The summed E-state index contributed by atoms with van der Waals surface area (Å²) < 4.78 is 8.72. The molecule has 0 saturated heterocycles. The summed E-state index contributed by atoms with van der Waals surface area (Å²) in [6.45, 7) is 0. The van der Waals surface area contributed by atoms with Crippen molar-refractivity contribution in [2.24, 2.45) is 0 Å². The first-order chi connectivity index (χ1) is 24.8. The predicted octanol–water partition coefficient (Wildman–Crippen LogP) is 12.3. The van der Waals surface area contributed by atoms with Gasteiger partial charge in [0.1, 0.15) is 11.2 Å². The number of furan rings is 1. The fraction of sp³-hybridized carbons (Fsp3) is 0. The van der Waals surface area contributed by atoms with Crippen LogP contribution in [0.2, 0.25) is 0 Å². The first-order valence-corrected chi connectivity index (χ1v) is 16.9. The summed E-state index contributed by atoms with van der Waals surface area (Å²) in [5, 5.41) is 10.4. The normalized spacial score (nSPS) is 12.0. The monoisotopic (exact) mass is 637 g/mol. The Hall–Kier alpha value is -6.78. The molecule has 0 spiro atoms. The summed E-state index contributed by atoms with van der Waals surface area (Å²) in [6.07, 6.45) is 0. The Kier molecular flexibility index (Phi) is 5.63. The summed E-state index contributed by atoms with van der Waals surface area (Å²) in [5.41, 5.74) is 8.98. The van der Waals surface area contributed by atoms with Crippen LogP contribution in [0.25, 0.3) is 105 Å². The zero-order chi connectivity index (χ0) is 32.8. The molecular formula is C46H27N3O. The minimum Gasteiger partial charge on any atom is -0.455 e. The lowest BCUT2D eigenvalue weighted by atomic mass is 9.99. The van der Waals surface area contributed by atoms with E-state index in [4.69, 9.17) is 14.4 Å². The molecule has 0 amide bonds. The van der Waals surface area contributed by atoms with Crippen LogP contribution < -0.4 is 0 Å². The van der Waals surface area contributed by atoms with Crippen LogP contribution in [0.5, 0.6) is 0 Å². The van der Waals surface area contributed by atoms with Crippen molar-refractivity contribution in [2.45, 2.75) is 0 Å². The van der Waals surface area contributed by atoms with Crippen molar-refractivity contribution in [3.8, 4) is 28.3 Å². The third-order valence-electron chi connectivity index (χ3n) is 10.2. The van der Waals surface area contributed by atoms with Gasteiger partial charge in [-0.2, -0.15) is 0 Å². The van der Waals surface area contributed by atoms with Gasteiger partial charge >= 0.3 is 0 Å². The molecule has 0 aliphatic carbocycles. The van der Waals surface area contributed by atoms with Gasteiger partial charge in [-0.3, -0.25) is 4.57 Å². The molecule has 11 aromatic rings. The molecule has 0 bridgehead atoms. The van der Waals surface area contributed by atoms with E-state index in [1.54, 1.807) is 0 Å². The van der Waals surface area contributed by atoms with Crippen molar-refractivity contribution in [1.29, 1.82) is 0 Å². The quantitative estimate of drug-likeness (QED) is 0.194. The second-order valence-electron chi connectivity index (χ2n) is 13.0. The van der Waals surface area contributed by atoms with Crippen LogP contribution in [0.3, 0.4) is 0 Å². The first kappa shape index (κ1) is 27.2. The van der Waals surface area contributed by atoms with Crippen molar-refractivity contribution < 1.29 is 4.42 Å². The number of rotatable bonds is 3. The maximum absolute atomic E-state index is 6.48. The Morgan fingerprint density at radius 1 is 0.440 bits per heavy atom. The van der Waals surface area contributed by atoms with Gasteiger partial charge in [-0.25, -0.2) is 9.97 Å². The van der Waals surface area contributed by atoms with Gasteiger partial charge in [-0.1, -0.05) is 127 Å². The lowest BCUT2D eigenvalue weighted by molar-refractivity contribution is 0.670. The van der Waals surface area contributed by atoms with Gasteiger partial charge in [0.05, 0.1) is 22.2 Å². The van der Waals surface area contributed by atoms with E-state index in [1.165, 1.54) is 26.9 Å². The lowest BCUT2D eigenvalue weighted by Crippen LogP contribution is -2.03. The fourth-order valence-corrected chi connectivity index (χ4v) is 7.87. The van der Waals surface area contributed by atoms with Gasteiger partial charge in [0.25, 0.3) is 0 Å². The highest BCUT2D eigenvalue weighted by Gasteiger charge is 2.20. The Labute approximate surface area is 286 Å². The molecule has 0 aliphatic heterocycles. The molecule has 0 radical (unpaired) electrons.